The van der Waals surface area contributed by atoms with Gasteiger partial charge in [0.25, 0.3) is 0 Å². The van der Waals surface area contributed by atoms with Gasteiger partial charge in [0.15, 0.2) is 5.78 Å². The van der Waals surface area contributed by atoms with E-state index in [1.807, 2.05) is 42.3 Å². The van der Waals surface area contributed by atoms with Crippen molar-refractivity contribution in [2.24, 2.45) is 0 Å². The fourth-order valence-corrected chi connectivity index (χ4v) is 3.48. The Morgan fingerprint density at radius 1 is 1.21 bits per heavy atom. The van der Waals surface area contributed by atoms with Crippen LogP contribution in [0, 0.1) is 6.92 Å². The number of Topliss-reactive ketones (excluding diaryl/α,β-unsaturated/α-hetero) is 1. The molecule has 1 aromatic carbocycles. The van der Waals surface area contributed by atoms with Gasteiger partial charge >= 0.3 is 0 Å². The van der Waals surface area contributed by atoms with Crippen LogP contribution in [0.5, 0.6) is 0 Å². The lowest BCUT2D eigenvalue weighted by atomic mass is 10.0. The molecule has 0 aliphatic rings. The lowest BCUT2D eigenvalue weighted by molar-refractivity contribution is -0.127. The normalized spacial score (nSPS) is 12.2. The highest BCUT2D eigenvalue weighted by Crippen LogP contribution is 2.17. The van der Waals surface area contributed by atoms with Gasteiger partial charge in [0.1, 0.15) is 0 Å². The van der Waals surface area contributed by atoms with Crippen LogP contribution in [-0.2, 0) is 22.6 Å². The Morgan fingerprint density at radius 2 is 1.92 bits per heavy atom. The summed E-state index contributed by atoms with van der Waals surface area (Å²) in [5, 5.41) is 4.92. The van der Waals surface area contributed by atoms with Crippen LogP contribution in [0.4, 0.5) is 0 Å². The molecule has 5 heteroatoms. The molecule has 0 spiro atoms. The Labute approximate surface area is 147 Å². The molecule has 1 aromatic heterocycles. The number of aryl methyl sites for hydroxylation is 1. The van der Waals surface area contributed by atoms with Gasteiger partial charge in [-0.15, -0.1) is 11.3 Å². The molecule has 0 aliphatic carbocycles. The number of benzene rings is 1. The number of amides is 1. The van der Waals surface area contributed by atoms with Gasteiger partial charge in [0.2, 0.25) is 5.91 Å². The van der Waals surface area contributed by atoms with Gasteiger partial charge in [-0.1, -0.05) is 30.3 Å². The first-order chi connectivity index (χ1) is 11.5. The third-order valence-corrected chi connectivity index (χ3v) is 4.91. The number of rotatable bonds is 8. The van der Waals surface area contributed by atoms with Crippen LogP contribution in [0.1, 0.15) is 22.9 Å². The van der Waals surface area contributed by atoms with Crippen molar-refractivity contribution < 1.29 is 9.59 Å². The second-order valence-electron chi connectivity index (χ2n) is 6.12. The third-order valence-electron chi connectivity index (χ3n) is 3.90. The zero-order valence-electron chi connectivity index (χ0n) is 14.4. The monoisotopic (exact) mass is 344 g/mol. The molecule has 0 saturated carbocycles. The third kappa shape index (κ3) is 5.58. The highest BCUT2D eigenvalue weighted by Gasteiger charge is 2.18. The molecule has 0 aliphatic heterocycles. The maximum Gasteiger partial charge on any atom is 0.234 e. The van der Waals surface area contributed by atoms with E-state index < -0.39 is 6.04 Å². The van der Waals surface area contributed by atoms with E-state index in [9.17, 15) is 9.59 Å². The van der Waals surface area contributed by atoms with Gasteiger partial charge in [-0.25, -0.2) is 0 Å². The Bertz CT molecular complexity index is 682. The molecule has 2 rings (SSSR count). The van der Waals surface area contributed by atoms with Gasteiger partial charge in [-0.2, -0.15) is 0 Å². The number of carbonyl (C=O) groups excluding carboxylic acids is 2. The molecule has 1 heterocycles. The Balaban J connectivity index is 1.88. The van der Waals surface area contributed by atoms with Crippen LogP contribution in [0.15, 0.2) is 41.8 Å². The number of nitrogens with zero attached hydrogens (tertiary/aromatic N) is 1. The Kier molecular flexibility index (Phi) is 6.70. The summed E-state index contributed by atoms with van der Waals surface area (Å²) in [5.41, 5.74) is 2.29. The summed E-state index contributed by atoms with van der Waals surface area (Å²) in [6, 6.07) is 11.3. The predicted octanol–water partition coefficient (Wildman–Crippen LogP) is 2.80. The number of likely N-dealkylation sites (N-methyl/N-ethyl adjacent to an activating group) is 1. The van der Waals surface area contributed by atoms with Gasteiger partial charge in [-0.3, -0.25) is 14.5 Å². The molecular formula is C19H24N2O2S. The average Bonchev–Trinajstić information content (AvgIpc) is 2.92. The fraction of sp³-hybridized carbons (Fsp3) is 0.368. The predicted molar refractivity (Wildman–Crippen MR) is 98.1 cm³/mol. The van der Waals surface area contributed by atoms with E-state index in [2.05, 4.69) is 23.7 Å². The lowest BCUT2D eigenvalue weighted by Gasteiger charge is -2.20. The minimum atomic E-state index is -0.475. The highest BCUT2D eigenvalue weighted by atomic mass is 32.1. The number of hydrogen-bond acceptors (Lipinski definition) is 4. The van der Waals surface area contributed by atoms with E-state index in [1.165, 1.54) is 17.4 Å². The summed E-state index contributed by atoms with van der Waals surface area (Å²) in [7, 11) is 1.92. The Hall–Kier alpha value is -1.98. The second kappa shape index (κ2) is 8.76. The van der Waals surface area contributed by atoms with Gasteiger partial charge in [0.05, 0.1) is 12.6 Å². The number of nitrogens with one attached hydrogen (secondary N) is 1. The molecule has 128 valence electrons. The number of thiophene rings is 1. The van der Waals surface area contributed by atoms with E-state index >= 15 is 0 Å². The maximum absolute atomic E-state index is 12.3. The molecule has 0 radical (unpaired) electrons. The largest absolute Gasteiger partial charge is 0.345 e. The first kappa shape index (κ1) is 18.4. The van der Waals surface area contributed by atoms with E-state index in [0.717, 1.165) is 12.1 Å². The fourth-order valence-electron chi connectivity index (χ4n) is 2.50. The molecule has 4 nitrogen and oxygen atoms in total. The van der Waals surface area contributed by atoms with Crippen molar-refractivity contribution in [3.63, 3.8) is 0 Å². The first-order valence-corrected chi connectivity index (χ1v) is 8.89. The van der Waals surface area contributed by atoms with Crippen LogP contribution in [-0.4, -0.2) is 36.2 Å². The van der Waals surface area contributed by atoms with Gasteiger partial charge in [0, 0.05) is 11.4 Å². The molecule has 1 amide bonds. The van der Waals surface area contributed by atoms with Crippen LogP contribution in [0.2, 0.25) is 0 Å². The zero-order valence-corrected chi connectivity index (χ0v) is 15.2. The van der Waals surface area contributed by atoms with Crippen LogP contribution in [0.25, 0.3) is 0 Å². The molecule has 0 unspecified atom stereocenters. The zero-order chi connectivity index (χ0) is 17.5. The number of carbonyl (C=O) groups is 2. The molecule has 0 bridgehead atoms. The van der Waals surface area contributed by atoms with Crippen molar-refractivity contribution in [3.8, 4) is 0 Å². The van der Waals surface area contributed by atoms with Crippen LogP contribution in [0.3, 0.4) is 0 Å². The minimum absolute atomic E-state index is 0.0241. The van der Waals surface area contributed by atoms with Crippen molar-refractivity contribution in [2.45, 2.75) is 32.9 Å². The Morgan fingerprint density at radius 3 is 2.50 bits per heavy atom. The van der Waals surface area contributed by atoms with Crippen molar-refractivity contribution >= 4 is 23.0 Å². The van der Waals surface area contributed by atoms with Crippen LogP contribution >= 0.6 is 11.3 Å². The molecule has 1 atom stereocenters. The lowest BCUT2D eigenvalue weighted by Crippen LogP contribution is -2.45. The smallest absolute Gasteiger partial charge is 0.234 e. The minimum Gasteiger partial charge on any atom is -0.345 e. The quantitative estimate of drug-likeness (QED) is 0.801. The van der Waals surface area contributed by atoms with E-state index in [-0.39, 0.29) is 18.2 Å². The number of ketones is 1. The maximum atomic E-state index is 12.3. The second-order valence-corrected chi connectivity index (χ2v) is 7.12. The van der Waals surface area contributed by atoms with Gasteiger partial charge < -0.3 is 5.32 Å². The van der Waals surface area contributed by atoms with Gasteiger partial charge in [-0.05, 0) is 49.9 Å². The molecule has 24 heavy (non-hydrogen) atoms. The summed E-state index contributed by atoms with van der Waals surface area (Å²) >= 11 is 1.70. The summed E-state index contributed by atoms with van der Waals surface area (Å²) in [6.07, 6.45) is 0.523. The van der Waals surface area contributed by atoms with E-state index in [0.29, 0.717) is 6.42 Å². The first-order valence-electron chi connectivity index (χ1n) is 8.01. The average molecular weight is 344 g/mol. The summed E-state index contributed by atoms with van der Waals surface area (Å²) < 4.78 is 0. The summed E-state index contributed by atoms with van der Waals surface area (Å²) in [6.45, 7) is 4.61. The highest BCUT2D eigenvalue weighted by molar-refractivity contribution is 7.10. The summed E-state index contributed by atoms with van der Waals surface area (Å²) in [5.74, 6) is -0.146. The number of hydrogen-bond donors (Lipinski definition) is 1. The van der Waals surface area contributed by atoms with Crippen molar-refractivity contribution in [3.05, 3.63) is 57.8 Å². The molecule has 2 aromatic rings. The topological polar surface area (TPSA) is 49.4 Å². The van der Waals surface area contributed by atoms with Crippen molar-refractivity contribution in [2.75, 3.05) is 13.6 Å². The van der Waals surface area contributed by atoms with Crippen molar-refractivity contribution in [1.82, 2.24) is 10.2 Å². The van der Waals surface area contributed by atoms with Crippen molar-refractivity contribution in [1.29, 1.82) is 0 Å². The van der Waals surface area contributed by atoms with Crippen LogP contribution < -0.4 is 5.32 Å². The molecule has 1 N–H and O–H groups in total. The molecule has 0 fully saturated rings. The SMILES string of the molecule is CC(=O)[C@@H](Cc1ccccc1)NC(=O)CN(C)Cc1sccc1C. The summed E-state index contributed by atoms with van der Waals surface area (Å²) in [4.78, 5) is 27.3. The molecule has 0 saturated heterocycles. The van der Waals surface area contributed by atoms with E-state index in [1.54, 1.807) is 11.3 Å². The molecular weight excluding hydrogens is 320 g/mol. The standard InChI is InChI=1S/C19H24N2O2S/c1-14-9-10-24-18(14)12-21(3)13-19(23)20-17(15(2)22)11-16-7-5-4-6-8-16/h4-10,17H,11-13H2,1-3H3,(H,20,23)/t17-/m1/s1. The van der Waals surface area contributed by atoms with E-state index in [4.69, 9.17) is 0 Å².